The van der Waals surface area contributed by atoms with Crippen molar-refractivity contribution >= 4 is 23.2 Å². The molecule has 0 radical (unpaired) electrons. The van der Waals surface area contributed by atoms with Gasteiger partial charge < -0.3 is 5.32 Å². The van der Waals surface area contributed by atoms with Crippen LogP contribution >= 0.6 is 23.2 Å². The minimum Gasteiger partial charge on any atom is -0.312 e. The van der Waals surface area contributed by atoms with Gasteiger partial charge in [-0.3, -0.25) is 0 Å². The summed E-state index contributed by atoms with van der Waals surface area (Å²) < 4.78 is 0. The summed E-state index contributed by atoms with van der Waals surface area (Å²) in [5, 5.41) is 4.80. The summed E-state index contributed by atoms with van der Waals surface area (Å²) in [4.78, 5) is 0. The molecule has 0 aliphatic rings. The fourth-order valence-electron chi connectivity index (χ4n) is 2.00. The zero-order valence-corrected chi connectivity index (χ0v) is 12.4. The largest absolute Gasteiger partial charge is 0.312 e. The monoisotopic (exact) mass is 293 g/mol. The first-order valence-electron chi connectivity index (χ1n) is 6.36. The molecule has 1 nitrogen and oxygen atoms in total. The van der Waals surface area contributed by atoms with Gasteiger partial charge in [0, 0.05) is 16.6 Å². The number of hydrogen-bond donors (Lipinski definition) is 1. The number of hydrogen-bond acceptors (Lipinski definition) is 1. The van der Waals surface area contributed by atoms with Gasteiger partial charge in [-0.2, -0.15) is 0 Å². The third-order valence-electron chi connectivity index (χ3n) is 3.16. The van der Waals surface area contributed by atoms with Crippen LogP contribution < -0.4 is 5.32 Å². The van der Waals surface area contributed by atoms with Crippen molar-refractivity contribution in [1.82, 2.24) is 5.32 Å². The van der Waals surface area contributed by atoms with Gasteiger partial charge in [-0.1, -0.05) is 53.5 Å². The Morgan fingerprint density at radius 2 is 1.79 bits per heavy atom. The zero-order valence-electron chi connectivity index (χ0n) is 10.9. The van der Waals surface area contributed by atoms with E-state index in [1.54, 1.807) is 6.07 Å². The van der Waals surface area contributed by atoms with E-state index >= 15 is 0 Å². The molecule has 0 fully saturated rings. The number of benzene rings is 2. The highest BCUT2D eigenvalue weighted by Crippen LogP contribution is 2.20. The summed E-state index contributed by atoms with van der Waals surface area (Å²) in [5.41, 5.74) is 3.81. The Labute approximate surface area is 124 Å². The molecule has 0 spiro atoms. The van der Waals surface area contributed by atoms with Gasteiger partial charge in [-0.05, 0) is 48.7 Å². The van der Waals surface area contributed by atoms with E-state index in [-0.39, 0.29) is 0 Å². The minimum absolute atomic E-state index is 0.675. The lowest BCUT2D eigenvalue weighted by Crippen LogP contribution is -2.17. The molecule has 0 aliphatic heterocycles. The Morgan fingerprint density at radius 1 is 1.00 bits per heavy atom. The number of rotatable bonds is 5. The van der Waals surface area contributed by atoms with Crippen LogP contribution in [0, 0.1) is 6.92 Å². The van der Waals surface area contributed by atoms with Crippen LogP contribution in [0.3, 0.4) is 0 Å². The molecular formula is C16H17Cl2N. The lowest BCUT2D eigenvalue weighted by molar-refractivity contribution is 0.686. The van der Waals surface area contributed by atoms with Crippen LogP contribution in [-0.2, 0) is 13.0 Å². The summed E-state index contributed by atoms with van der Waals surface area (Å²) >= 11 is 12.0. The third-order valence-corrected chi connectivity index (χ3v) is 3.75. The Hall–Kier alpha value is -1.02. The molecule has 0 amide bonds. The van der Waals surface area contributed by atoms with Crippen LogP contribution in [0.1, 0.15) is 16.7 Å². The normalized spacial score (nSPS) is 10.7. The molecule has 2 aromatic rings. The SMILES string of the molecule is Cc1ccccc1CCNCc1ccc(Cl)cc1Cl. The fraction of sp³-hybridized carbons (Fsp3) is 0.250. The fourth-order valence-corrected chi connectivity index (χ4v) is 2.48. The third kappa shape index (κ3) is 4.24. The average molecular weight is 294 g/mol. The Morgan fingerprint density at radius 3 is 2.53 bits per heavy atom. The molecule has 0 bridgehead atoms. The van der Waals surface area contributed by atoms with E-state index in [9.17, 15) is 0 Å². The van der Waals surface area contributed by atoms with E-state index in [0.29, 0.717) is 5.02 Å². The summed E-state index contributed by atoms with van der Waals surface area (Å²) in [6.45, 7) is 3.84. The highest BCUT2D eigenvalue weighted by Gasteiger charge is 2.01. The van der Waals surface area contributed by atoms with Crippen molar-refractivity contribution in [2.45, 2.75) is 19.9 Å². The first-order chi connectivity index (χ1) is 9.16. The molecule has 3 heteroatoms. The number of nitrogens with one attached hydrogen (secondary N) is 1. The van der Waals surface area contributed by atoms with Crippen molar-refractivity contribution in [2.75, 3.05) is 6.54 Å². The predicted molar refractivity (Wildman–Crippen MR) is 83.1 cm³/mol. The summed E-state index contributed by atoms with van der Waals surface area (Å²) in [6, 6.07) is 14.1. The average Bonchev–Trinajstić information content (AvgIpc) is 2.38. The van der Waals surface area contributed by atoms with Gasteiger partial charge in [0.25, 0.3) is 0 Å². The highest BCUT2D eigenvalue weighted by atomic mass is 35.5. The molecular weight excluding hydrogens is 277 g/mol. The molecule has 0 aromatic heterocycles. The molecule has 0 atom stereocenters. The van der Waals surface area contributed by atoms with Crippen LogP contribution in [0.15, 0.2) is 42.5 Å². The molecule has 1 N–H and O–H groups in total. The van der Waals surface area contributed by atoms with Crippen LogP contribution in [0.5, 0.6) is 0 Å². The molecule has 19 heavy (non-hydrogen) atoms. The van der Waals surface area contributed by atoms with Crippen LogP contribution in [0.2, 0.25) is 10.0 Å². The van der Waals surface area contributed by atoms with E-state index in [1.165, 1.54) is 11.1 Å². The maximum absolute atomic E-state index is 6.13. The molecule has 2 rings (SSSR count). The standard InChI is InChI=1S/C16H17Cl2N/c1-12-4-2-3-5-13(12)8-9-19-11-14-6-7-15(17)10-16(14)18/h2-7,10,19H,8-9,11H2,1H3. The number of aryl methyl sites for hydroxylation is 1. The van der Waals surface area contributed by atoms with Crippen molar-refractivity contribution in [2.24, 2.45) is 0 Å². The molecule has 0 saturated carbocycles. The molecule has 0 saturated heterocycles. The van der Waals surface area contributed by atoms with Gasteiger partial charge in [-0.15, -0.1) is 0 Å². The molecule has 0 unspecified atom stereocenters. The zero-order chi connectivity index (χ0) is 13.7. The van der Waals surface area contributed by atoms with E-state index in [2.05, 4.69) is 36.5 Å². The van der Waals surface area contributed by atoms with Crippen LogP contribution in [0.25, 0.3) is 0 Å². The van der Waals surface area contributed by atoms with Gasteiger partial charge in [0.05, 0.1) is 0 Å². The second-order valence-corrected chi connectivity index (χ2v) is 5.43. The lowest BCUT2D eigenvalue weighted by Gasteiger charge is -2.08. The Balaban J connectivity index is 1.83. The van der Waals surface area contributed by atoms with Gasteiger partial charge in [-0.25, -0.2) is 0 Å². The molecule has 100 valence electrons. The number of halogens is 2. The first-order valence-corrected chi connectivity index (χ1v) is 7.11. The Bertz CT molecular complexity index is 552. The summed E-state index contributed by atoms with van der Waals surface area (Å²) in [7, 11) is 0. The topological polar surface area (TPSA) is 12.0 Å². The highest BCUT2D eigenvalue weighted by molar-refractivity contribution is 6.35. The second-order valence-electron chi connectivity index (χ2n) is 4.59. The van der Waals surface area contributed by atoms with Crippen molar-refractivity contribution < 1.29 is 0 Å². The Kier molecular flexibility index (Phi) is 5.26. The van der Waals surface area contributed by atoms with E-state index in [4.69, 9.17) is 23.2 Å². The maximum atomic E-state index is 6.13. The molecule has 0 aliphatic carbocycles. The van der Waals surface area contributed by atoms with Crippen molar-refractivity contribution in [3.05, 3.63) is 69.2 Å². The minimum atomic E-state index is 0.675. The quantitative estimate of drug-likeness (QED) is 0.792. The predicted octanol–water partition coefficient (Wildman–Crippen LogP) is 4.63. The molecule has 0 heterocycles. The van der Waals surface area contributed by atoms with Gasteiger partial charge in [0.2, 0.25) is 0 Å². The van der Waals surface area contributed by atoms with E-state index in [0.717, 1.165) is 30.1 Å². The van der Waals surface area contributed by atoms with Gasteiger partial charge >= 0.3 is 0 Å². The van der Waals surface area contributed by atoms with E-state index in [1.807, 2.05) is 12.1 Å². The van der Waals surface area contributed by atoms with E-state index < -0.39 is 0 Å². The van der Waals surface area contributed by atoms with Crippen LogP contribution in [0.4, 0.5) is 0 Å². The van der Waals surface area contributed by atoms with Crippen LogP contribution in [-0.4, -0.2) is 6.54 Å². The second kappa shape index (κ2) is 6.95. The first kappa shape index (κ1) is 14.4. The van der Waals surface area contributed by atoms with Gasteiger partial charge in [0.1, 0.15) is 0 Å². The maximum Gasteiger partial charge on any atom is 0.0465 e. The lowest BCUT2D eigenvalue weighted by atomic mass is 10.1. The smallest absolute Gasteiger partial charge is 0.0465 e. The van der Waals surface area contributed by atoms with Crippen molar-refractivity contribution in [3.8, 4) is 0 Å². The summed E-state index contributed by atoms with van der Waals surface area (Å²) in [6.07, 6.45) is 1.03. The van der Waals surface area contributed by atoms with Gasteiger partial charge in [0.15, 0.2) is 0 Å². The molecule has 2 aromatic carbocycles. The van der Waals surface area contributed by atoms with Crippen molar-refractivity contribution in [1.29, 1.82) is 0 Å². The summed E-state index contributed by atoms with van der Waals surface area (Å²) in [5.74, 6) is 0. The van der Waals surface area contributed by atoms with Crippen molar-refractivity contribution in [3.63, 3.8) is 0 Å².